The van der Waals surface area contributed by atoms with Crippen LogP contribution in [0.25, 0.3) is 0 Å². The summed E-state index contributed by atoms with van der Waals surface area (Å²) < 4.78 is 0. The standard InChI is InChI=1S/C12H17NOS/c1-2-3-10-4-6-11(7-5-10)8-13-12(14)9-15/h4-7,15H,2-3,8-9H2,1H3,(H,13,14). The molecule has 0 aromatic heterocycles. The lowest BCUT2D eigenvalue weighted by molar-refractivity contribution is -0.118. The molecule has 0 saturated heterocycles. The predicted octanol–water partition coefficient (Wildman–Crippen LogP) is 2.19. The molecule has 0 unspecified atom stereocenters. The van der Waals surface area contributed by atoms with Crippen LogP contribution in [-0.4, -0.2) is 11.7 Å². The Balaban J connectivity index is 2.45. The van der Waals surface area contributed by atoms with Crippen LogP contribution < -0.4 is 5.32 Å². The van der Waals surface area contributed by atoms with E-state index in [2.05, 4.69) is 49.1 Å². The van der Waals surface area contributed by atoms with Crippen LogP contribution in [0.1, 0.15) is 24.5 Å². The Bertz CT molecular complexity index is 308. The minimum absolute atomic E-state index is 0.0315. The van der Waals surface area contributed by atoms with Gasteiger partial charge < -0.3 is 5.32 Å². The Labute approximate surface area is 96.5 Å². The summed E-state index contributed by atoms with van der Waals surface area (Å²) in [7, 11) is 0. The lowest BCUT2D eigenvalue weighted by Crippen LogP contribution is -2.23. The smallest absolute Gasteiger partial charge is 0.229 e. The van der Waals surface area contributed by atoms with Crippen LogP contribution in [-0.2, 0) is 17.8 Å². The zero-order valence-corrected chi connectivity index (χ0v) is 9.89. The number of carbonyl (C=O) groups is 1. The Kier molecular flexibility index (Phi) is 5.26. The zero-order valence-electron chi connectivity index (χ0n) is 8.99. The number of carbonyl (C=O) groups excluding carboxylic acids is 1. The average molecular weight is 223 g/mol. The van der Waals surface area contributed by atoms with E-state index in [0.29, 0.717) is 6.54 Å². The molecule has 0 atom stereocenters. The van der Waals surface area contributed by atoms with Crippen molar-refractivity contribution in [1.82, 2.24) is 5.32 Å². The molecule has 1 aromatic rings. The fraction of sp³-hybridized carbons (Fsp3) is 0.417. The van der Waals surface area contributed by atoms with Crippen LogP contribution in [0.5, 0.6) is 0 Å². The van der Waals surface area contributed by atoms with Crippen molar-refractivity contribution in [3.63, 3.8) is 0 Å². The number of aryl methyl sites for hydroxylation is 1. The van der Waals surface area contributed by atoms with Gasteiger partial charge in [-0.2, -0.15) is 12.6 Å². The molecule has 0 aliphatic carbocycles. The number of rotatable bonds is 5. The first kappa shape index (κ1) is 12.1. The van der Waals surface area contributed by atoms with Gasteiger partial charge in [0.15, 0.2) is 0 Å². The largest absolute Gasteiger partial charge is 0.351 e. The van der Waals surface area contributed by atoms with Crippen molar-refractivity contribution in [3.8, 4) is 0 Å². The molecule has 0 saturated carbocycles. The molecule has 0 bridgehead atoms. The Morgan fingerprint density at radius 3 is 2.40 bits per heavy atom. The first-order valence-corrected chi connectivity index (χ1v) is 5.85. The van der Waals surface area contributed by atoms with Crippen LogP contribution >= 0.6 is 12.6 Å². The maximum Gasteiger partial charge on any atom is 0.229 e. The quantitative estimate of drug-likeness (QED) is 0.736. The summed E-state index contributed by atoms with van der Waals surface area (Å²) in [6, 6.07) is 8.35. The van der Waals surface area contributed by atoms with Gasteiger partial charge in [0.05, 0.1) is 5.75 Å². The van der Waals surface area contributed by atoms with Gasteiger partial charge in [0, 0.05) is 6.54 Å². The van der Waals surface area contributed by atoms with Crippen molar-refractivity contribution < 1.29 is 4.79 Å². The molecule has 1 amide bonds. The van der Waals surface area contributed by atoms with E-state index in [-0.39, 0.29) is 11.7 Å². The highest BCUT2D eigenvalue weighted by Crippen LogP contribution is 2.06. The first-order valence-electron chi connectivity index (χ1n) is 5.21. The van der Waals surface area contributed by atoms with Crippen LogP contribution in [0, 0.1) is 0 Å². The molecule has 0 aliphatic rings. The second-order valence-electron chi connectivity index (χ2n) is 3.50. The van der Waals surface area contributed by atoms with E-state index in [0.717, 1.165) is 18.4 Å². The maximum absolute atomic E-state index is 11.0. The molecule has 0 aliphatic heterocycles. The van der Waals surface area contributed by atoms with Crippen molar-refractivity contribution in [2.75, 3.05) is 5.75 Å². The molecule has 3 heteroatoms. The highest BCUT2D eigenvalue weighted by Gasteiger charge is 1.98. The molecule has 2 nitrogen and oxygen atoms in total. The van der Waals surface area contributed by atoms with E-state index in [1.165, 1.54) is 5.56 Å². The summed E-state index contributed by atoms with van der Waals surface area (Å²) in [5, 5.41) is 2.78. The Morgan fingerprint density at radius 1 is 1.27 bits per heavy atom. The number of amides is 1. The lowest BCUT2D eigenvalue weighted by atomic mass is 10.1. The molecule has 0 spiro atoms. The number of hydrogen-bond donors (Lipinski definition) is 2. The third kappa shape index (κ3) is 4.38. The SMILES string of the molecule is CCCc1ccc(CNC(=O)CS)cc1. The molecule has 0 fully saturated rings. The molecular formula is C12H17NOS. The first-order chi connectivity index (χ1) is 7.26. The summed E-state index contributed by atoms with van der Waals surface area (Å²) in [5.41, 5.74) is 2.48. The van der Waals surface area contributed by atoms with Crippen molar-refractivity contribution in [1.29, 1.82) is 0 Å². The highest BCUT2D eigenvalue weighted by molar-refractivity contribution is 7.81. The van der Waals surface area contributed by atoms with Crippen LogP contribution in [0.3, 0.4) is 0 Å². The molecule has 1 aromatic carbocycles. The average Bonchev–Trinajstić information content (AvgIpc) is 2.28. The topological polar surface area (TPSA) is 29.1 Å². The minimum atomic E-state index is -0.0315. The van der Waals surface area contributed by atoms with Gasteiger partial charge in [-0.3, -0.25) is 4.79 Å². The number of hydrogen-bond acceptors (Lipinski definition) is 2. The summed E-state index contributed by atoms with van der Waals surface area (Å²) >= 11 is 3.89. The van der Waals surface area contributed by atoms with Crippen molar-refractivity contribution in [2.45, 2.75) is 26.3 Å². The fourth-order valence-electron chi connectivity index (χ4n) is 1.37. The predicted molar refractivity (Wildman–Crippen MR) is 66.1 cm³/mol. The highest BCUT2D eigenvalue weighted by atomic mass is 32.1. The molecular weight excluding hydrogens is 206 g/mol. The zero-order chi connectivity index (χ0) is 11.1. The van der Waals surface area contributed by atoms with Gasteiger partial charge >= 0.3 is 0 Å². The van der Waals surface area contributed by atoms with Gasteiger partial charge in [-0.15, -0.1) is 0 Å². The van der Waals surface area contributed by atoms with Crippen LogP contribution in [0.4, 0.5) is 0 Å². The molecule has 0 heterocycles. The lowest BCUT2D eigenvalue weighted by Gasteiger charge is -2.04. The number of nitrogens with one attached hydrogen (secondary N) is 1. The van der Waals surface area contributed by atoms with Crippen LogP contribution in [0.2, 0.25) is 0 Å². The van der Waals surface area contributed by atoms with Gasteiger partial charge in [0.1, 0.15) is 0 Å². The summed E-state index contributed by atoms with van der Waals surface area (Å²) in [6.07, 6.45) is 2.28. The molecule has 82 valence electrons. The van der Waals surface area contributed by atoms with E-state index in [1.54, 1.807) is 0 Å². The van der Waals surface area contributed by atoms with Gasteiger partial charge in [-0.1, -0.05) is 37.6 Å². The molecule has 0 radical (unpaired) electrons. The normalized spacial score (nSPS) is 10.0. The van der Waals surface area contributed by atoms with Crippen LogP contribution in [0.15, 0.2) is 24.3 Å². The third-order valence-corrected chi connectivity index (χ3v) is 2.48. The van der Waals surface area contributed by atoms with E-state index in [9.17, 15) is 4.79 Å². The molecule has 1 N–H and O–H groups in total. The maximum atomic E-state index is 11.0. The summed E-state index contributed by atoms with van der Waals surface area (Å²) in [6.45, 7) is 2.76. The third-order valence-electron chi connectivity index (χ3n) is 2.19. The second-order valence-corrected chi connectivity index (χ2v) is 3.82. The van der Waals surface area contributed by atoms with E-state index < -0.39 is 0 Å². The van der Waals surface area contributed by atoms with Crippen molar-refractivity contribution >= 4 is 18.5 Å². The van der Waals surface area contributed by atoms with Gasteiger partial charge in [-0.25, -0.2) is 0 Å². The van der Waals surface area contributed by atoms with E-state index >= 15 is 0 Å². The molecule has 1 rings (SSSR count). The van der Waals surface area contributed by atoms with E-state index in [1.807, 2.05) is 0 Å². The second kappa shape index (κ2) is 6.51. The minimum Gasteiger partial charge on any atom is -0.351 e. The van der Waals surface area contributed by atoms with Gasteiger partial charge in [0.25, 0.3) is 0 Å². The fourth-order valence-corrected chi connectivity index (χ4v) is 1.48. The van der Waals surface area contributed by atoms with Crippen molar-refractivity contribution in [3.05, 3.63) is 35.4 Å². The van der Waals surface area contributed by atoms with E-state index in [4.69, 9.17) is 0 Å². The van der Waals surface area contributed by atoms with Crippen molar-refractivity contribution in [2.24, 2.45) is 0 Å². The molecule has 15 heavy (non-hydrogen) atoms. The summed E-state index contributed by atoms with van der Waals surface area (Å²) in [4.78, 5) is 11.0. The van der Waals surface area contributed by atoms with Gasteiger partial charge in [-0.05, 0) is 17.5 Å². The Morgan fingerprint density at radius 2 is 1.87 bits per heavy atom. The summed E-state index contributed by atoms with van der Waals surface area (Å²) in [5.74, 6) is 0.212. The monoisotopic (exact) mass is 223 g/mol. The Hall–Kier alpha value is -0.960. The number of benzene rings is 1. The number of thiol groups is 1. The van der Waals surface area contributed by atoms with Gasteiger partial charge in [0.2, 0.25) is 5.91 Å².